The molecule has 0 spiro atoms. The van der Waals surface area contributed by atoms with Crippen LogP contribution >= 0.6 is 15.9 Å². The van der Waals surface area contributed by atoms with Crippen molar-refractivity contribution in [1.82, 2.24) is 4.98 Å². The molecule has 0 bridgehead atoms. The lowest BCUT2D eigenvalue weighted by atomic mass is 10.2. The molecule has 2 aromatic rings. The summed E-state index contributed by atoms with van der Waals surface area (Å²) in [4.78, 5) is 16.1. The minimum Gasteiger partial charge on any atom is -0.459 e. The monoisotopic (exact) mass is 294 g/mol. The first-order valence-corrected chi connectivity index (χ1v) is 5.86. The van der Waals surface area contributed by atoms with E-state index in [2.05, 4.69) is 26.2 Å². The maximum atomic E-state index is 11.8. The van der Waals surface area contributed by atoms with Crippen molar-refractivity contribution in [2.45, 2.75) is 13.8 Å². The van der Waals surface area contributed by atoms with Gasteiger partial charge in [-0.05, 0) is 48.0 Å². The molecule has 1 amide bonds. The lowest BCUT2D eigenvalue weighted by Crippen LogP contribution is -2.13. The number of hydrogen-bond donors (Lipinski definition) is 1. The van der Waals surface area contributed by atoms with Crippen LogP contribution < -0.4 is 5.32 Å². The average Bonchev–Trinajstić information content (AvgIpc) is 2.70. The Bertz CT molecular complexity index is 563. The van der Waals surface area contributed by atoms with E-state index in [9.17, 15) is 4.79 Å². The predicted molar refractivity (Wildman–Crippen MR) is 68.1 cm³/mol. The molecule has 2 rings (SSSR count). The third-order valence-electron chi connectivity index (χ3n) is 2.33. The SMILES string of the molecule is Cc1ccoc1C(=O)Nc1ccc(Br)c(C)n1. The van der Waals surface area contributed by atoms with E-state index in [1.54, 1.807) is 12.1 Å². The first-order valence-electron chi connectivity index (χ1n) is 5.06. The number of anilines is 1. The van der Waals surface area contributed by atoms with Gasteiger partial charge in [-0.2, -0.15) is 0 Å². The Balaban J connectivity index is 2.19. The Hall–Kier alpha value is -1.62. The first kappa shape index (κ1) is 11.9. The first-order chi connectivity index (χ1) is 8.08. The van der Waals surface area contributed by atoms with Crippen molar-refractivity contribution in [1.29, 1.82) is 0 Å². The predicted octanol–water partition coefficient (Wildman–Crippen LogP) is 3.31. The fraction of sp³-hybridized carbons (Fsp3) is 0.167. The molecule has 0 atom stereocenters. The van der Waals surface area contributed by atoms with Crippen LogP contribution in [-0.4, -0.2) is 10.9 Å². The third-order valence-corrected chi connectivity index (χ3v) is 3.17. The van der Waals surface area contributed by atoms with Crippen LogP contribution in [0.3, 0.4) is 0 Å². The van der Waals surface area contributed by atoms with Gasteiger partial charge in [0.15, 0.2) is 5.76 Å². The number of carbonyl (C=O) groups excluding carboxylic acids is 1. The van der Waals surface area contributed by atoms with Crippen LogP contribution in [0.2, 0.25) is 0 Å². The van der Waals surface area contributed by atoms with Crippen LogP contribution in [-0.2, 0) is 0 Å². The minimum absolute atomic E-state index is 0.290. The summed E-state index contributed by atoms with van der Waals surface area (Å²) in [7, 11) is 0. The Morgan fingerprint density at radius 1 is 1.35 bits per heavy atom. The van der Waals surface area contributed by atoms with Gasteiger partial charge in [0.05, 0.1) is 12.0 Å². The summed E-state index contributed by atoms with van der Waals surface area (Å²) < 4.78 is 6.01. The Morgan fingerprint density at radius 2 is 2.12 bits per heavy atom. The summed E-state index contributed by atoms with van der Waals surface area (Å²) in [5.74, 6) is 0.528. The number of aryl methyl sites for hydroxylation is 2. The van der Waals surface area contributed by atoms with Crippen LogP contribution in [0, 0.1) is 13.8 Å². The van der Waals surface area contributed by atoms with Crippen molar-refractivity contribution in [3.63, 3.8) is 0 Å². The van der Waals surface area contributed by atoms with Crippen molar-refractivity contribution < 1.29 is 9.21 Å². The summed E-state index contributed by atoms with van der Waals surface area (Å²) in [5.41, 5.74) is 1.62. The third kappa shape index (κ3) is 2.55. The molecule has 0 radical (unpaired) electrons. The molecule has 2 heterocycles. The number of hydrogen-bond acceptors (Lipinski definition) is 3. The van der Waals surface area contributed by atoms with E-state index < -0.39 is 0 Å². The van der Waals surface area contributed by atoms with Crippen LogP contribution in [0.25, 0.3) is 0 Å². The number of amides is 1. The van der Waals surface area contributed by atoms with E-state index in [1.807, 2.05) is 19.9 Å². The van der Waals surface area contributed by atoms with E-state index >= 15 is 0 Å². The molecule has 0 aliphatic heterocycles. The lowest BCUT2D eigenvalue weighted by Gasteiger charge is -2.05. The van der Waals surface area contributed by atoms with Crippen LogP contribution in [0.15, 0.2) is 33.4 Å². The number of carbonyl (C=O) groups is 1. The molecule has 0 unspecified atom stereocenters. The molecule has 0 saturated carbocycles. The number of nitrogens with one attached hydrogen (secondary N) is 1. The van der Waals surface area contributed by atoms with Gasteiger partial charge in [-0.1, -0.05) is 0 Å². The van der Waals surface area contributed by atoms with Gasteiger partial charge < -0.3 is 9.73 Å². The minimum atomic E-state index is -0.290. The number of rotatable bonds is 2. The van der Waals surface area contributed by atoms with E-state index in [0.29, 0.717) is 11.6 Å². The Morgan fingerprint density at radius 3 is 2.71 bits per heavy atom. The Labute approximate surface area is 107 Å². The highest BCUT2D eigenvalue weighted by molar-refractivity contribution is 9.10. The smallest absolute Gasteiger partial charge is 0.292 e. The van der Waals surface area contributed by atoms with E-state index in [0.717, 1.165) is 15.7 Å². The van der Waals surface area contributed by atoms with E-state index in [1.165, 1.54) is 6.26 Å². The number of furan rings is 1. The number of aromatic nitrogens is 1. The van der Waals surface area contributed by atoms with Crippen LogP contribution in [0.1, 0.15) is 21.8 Å². The van der Waals surface area contributed by atoms with Crippen molar-refractivity contribution >= 4 is 27.7 Å². The topological polar surface area (TPSA) is 55.1 Å². The summed E-state index contributed by atoms with van der Waals surface area (Å²) in [6, 6.07) is 5.31. The lowest BCUT2D eigenvalue weighted by molar-refractivity contribution is 0.0995. The molecular formula is C12H11BrN2O2. The van der Waals surface area contributed by atoms with Crippen molar-refractivity contribution in [2.24, 2.45) is 0 Å². The summed E-state index contributed by atoms with van der Waals surface area (Å²) in [6.45, 7) is 3.68. The molecule has 1 N–H and O–H groups in total. The maximum absolute atomic E-state index is 11.8. The second-order valence-corrected chi connectivity index (χ2v) is 4.50. The number of pyridine rings is 1. The van der Waals surface area contributed by atoms with Crippen molar-refractivity contribution in [3.8, 4) is 0 Å². The van der Waals surface area contributed by atoms with Crippen molar-refractivity contribution in [2.75, 3.05) is 5.32 Å². The second kappa shape index (κ2) is 4.71. The highest BCUT2D eigenvalue weighted by Crippen LogP contribution is 2.17. The fourth-order valence-electron chi connectivity index (χ4n) is 1.39. The van der Waals surface area contributed by atoms with Crippen molar-refractivity contribution in [3.05, 3.63) is 46.0 Å². The molecule has 0 aromatic carbocycles. The van der Waals surface area contributed by atoms with Gasteiger partial charge in [-0.3, -0.25) is 4.79 Å². The largest absolute Gasteiger partial charge is 0.459 e. The van der Waals surface area contributed by atoms with Crippen LogP contribution in [0.4, 0.5) is 5.82 Å². The molecule has 88 valence electrons. The van der Waals surface area contributed by atoms with Gasteiger partial charge in [0.25, 0.3) is 5.91 Å². The number of nitrogens with zero attached hydrogens (tertiary/aromatic N) is 1. The summed E-state index contributed by atoms with van der Waals surface area (Å²) in [6.07, 6.45) is 1.49. The zero-order valence-corrected chi connectivity index (χ0v) is 11.0. The fourth-order valence-corrected chi connectivity index (χ4v) is 1.61. The van der Waals surface area contributed by atoms with E-state index in [-0.39, 0.29) is 5.91 Å². The molecule has 17 heavy (non-hydrogen) atoms. The van der Waals surface area contributed by atoms with Gasteiger partial charge in [0.1, 0.15) is 5.82 Å². The van der Waals surface area contributed by atoms with Gasteiger partial charge in [0, 0.05) is 10.0 Å². The quantitative estimate of drug-likeness (QED) is 0.924. The number of halogens is 1. The molecule has 2 aromatic heterocycles. The Kier molecular flexibility index (Phi) is 3.28. The molecule has 0 fully saturated rings. The second-order valence-electron chi connectivity index (χ2n) is 3.65. The molecule has 0 aliphatic carbocycles. The highest BCUT2D eigenvalue weighted by atomic mass is 79.9. The molecule has 0 saturated heterocycles. The molecule has 0 aliphatic rings. The van der Waals surface area contributed by atoms with Gasteiger partial charge >= 0.3 is 0 Å². The summed E-state index contributed by atoms with van der Waals surface area (Å²) in [5, 5.41) is 2.69. The highest BCUT2D eigenvalue weighted by Gasteiger charge is 2.13. The van der Waals surface area contributed by atoms with E-state index in [4.69, 9.17) is 4.42 Å². The zero-order valence-electron chi connectivity index (χ0n) is 9.45. The van der Waals surface area contributed by atoms with Gasteiger partial charge in [0.2, 0.25) is 0 Å². The van der Waals surface area contributed by atoms with Gasteiger partial charge in [-0.15, -0.1) is 0 Å². The summed E-state index contributed by atoms with van der Waals surface area (Å²) >= 11 is 3.35. The maximum Gasteiger partial charge on any atom is 0.292 e. The normalized spacial score (nSPS) is 10.3. The average molecular weight is 295 g/mol. The molecule has 5 heteroatoms. The van der Waals surface area contributed by atoms with Crippen LogP contribution in [0.5, 0.6) is 0 Å². The molecular weight excluding hydrogens is 284 g/mol. The molecule has 4 nitrogen and oxygen atoms in total. The standard InChI is InChI=1S/C12H11BrN2O2/c1-7-5-6-17-11(7)12(16)15-10-4-3-9(13)8(2)14-10/h3-6H,1-2H3,(H,14,15,16). The zero-order chi connectivity index (χ0) is 12.4. The van der Waals surface area contributed by atoms with Gasteiger partial charge in [-0.25, -0.2) is 4.98 Å².